The average Bonchev–Trinajstić information content (AvgIpc) is 2.75. The summed E-state index contributed by atoms with van der Waals surface area (Å²) < 4.78 is 262. The van der Waals surface area contributed by atoms with Crippen LogP contribution in [0.1, 0.15) is 19.3 Å². The van der Waals surface area contributed by atoms with Gasteiger partial charge < -0.3 is 9.47 Å². The summed E-state index contributed by atoms with van der Waals surface area (Å²) in [5, 5.41) is 0. The van der Waals surface area contributed by atoms with E-state index in [-0.39, 0.29) is 29.6 Å². The number of ether oxygens (including phenoxy) is 2. The number of thiol groups is 1. The summed E-state index contributed by atoms with van der Waals surface area (Å²) in [7, 11) is -4.27. The number of carbonyl (C=O) groups excluding carboxylic acids is 2. The van der Waals surface area contributed by atoms with E-state index in [4.69, 9.17) is 0 Å². The molecule has 0 aliphatic heterocycles. The molecule has 1 atom stereocenters. The fourth-order valence-electron chi connectivity index (χ4n) is 2.27. The van der Waals surface area contributed by atoms with Gasteiger partial charge in [0, 0.05) is 0 Å². The van der Waals surface area contributed by atoms with Crippen molar-refractivity contribution in [3.05, 3.63) is 0 Å². The van der Waals surface area contributed by atoms with Gasteiger partial charge in [0.25, 0.3) is 11.0 Å². The van der Waals surface area contributed by atoms with Crippen molar-refractivity contribution in [2.75, 3.05) is 13.2 Å². The molecule has 0 aliphatic rings. The van der Waals surface area contributed by atoms with Crippen LogP contribution in [0.5, 0.6) is 0 Å². The number of hydrogen-bond donors (Lipinski definition) is 1. The van der Waals surface area contributed by atoms with E-state index in [1.807, 2.05) is 0 Å². The number of esters is 2. The van der Waals surface area contributed by atoms with Crippen LogP contribution in [0.3, 0.4) is 0 Å². The summed E-state index contributed by atoms with van der Waals surface area (Å²) in [4.78, 5) is 23.2. The van der Waals surface area contributed by atoms with Crippen molar-refractivity contribution in [2.45, 2.75) is 73.3 Å². The molecule has 1 unspecified atom stereocenters. The van der Waals surface area contributed by atoms with E-state index in [0.29, 0.717) is 0 Å². The van der Waals surface area contributed by atoms with Crippen molar-refractivity contribution in [3.8, 4) is 0 Å². The van der Waals surface area contributed by atoms with Gasteiger partial charge in [-0.25, -0.2) is 13.2 Å². The number of alkyl halides is 18. The Kier molecular flexibility index (Phi) is 14.6. The third-order valence-electron chi connectivity index (χ3n) is 4.59. The van der Waals surface area contributed by atoms with E-state index in [2.05, 4.69) is 13.7 Å². The van der Waals surface area contributed by atoms with E-state index < -0.39 is 109 Å². The molecule has 0 aromatic heterocycles. The Labute approximate surface area is 249 Å². The zero-order valence-corrected chi connectivity index (χ0v) is 20.1. The predicted molar refractivity (Wildman–Crippen MR) is 99.9 cm³/mol. The van der Waals surface area contributed by atoms with E-state index in [9.17, 15) is 97.0 Å². The number of hydrogen-bond acceptors (Lipinski definition) is 7. The summed E-state index contributed by atoms with van der Waals surface area (Å²) in [6, 6.07) is 0. The molecule has 0 bridgehead atoms. The van der Waals surface area contributed by atoms with Gasteiger partial charge in [0.2, 0.25) is 0 Å². The molecule has 0 radical (unpaired) electrons. The van der Waals surface area contributed by atoms with Crippen LogP contribution in [0.15, 0.2) is 0 Å². The van der Waals surface area contributed by atoms with Gasteiger partial charge in [-0.3, -0.25) is 8.98 Å². The van der Waals surface area contributed by atoms with Crippen molar-refractivity contribution in [3.63, 3.8) is 0 Å². The maximum absolute atomic E-state index is 13.4. The Morgan fingerprint density at radius 3 is 1.19 bits per heavy atom. The van der Waals surface area contributed by atoms with Crippen molar-refractivity contribution in [1.82, 2.24) is 0 Å². The quantitative estimate of drug-likeness (QED) is 0.116. The first-order chi connectivity index (χ1) is 18.3. The second-order valence-electron chi connectivity index (χ2n) is 7.61. The predicted octanol–water partition coefficient (Wildman–Crippen LogP) is 4.44. The molecule has 0 aromatic rings. The first-order valence-corrected chi connectivity index (χ1v) is 10.9. The van der Waals surface area contributed by atoms with Crippen LogP contribution in [0.4, 0.5) is 79.0 Å². The van der Waals surface area contributed by atoms with Crippen LogP contribution in [-0.4, -0.2) is 117 Å². The van der Waals surface area contributed by atoms with E-state index in [1.165, 1.54) is 0 Å². The van der Waals surface area contributed by atoms with E-state index in [0.717, 1.165) is 0 Å². The van der Waals surface area contributed by atoms with Gasteiger partial charge in [-0.05, 0) is 0 Å². The van der Waals surface area contributed by atoms with Gasteiger partial charge in [0.05, 0.1) is 32.5 Å². The number of halogens is 18. The summed E-state index contributed by atoms with van der Waals surface area (Å²) in [5.74, 6) is -46.0. The normalized spacial score (nSPS) is 15.1. The van der Waals surface area contributed by atoms with Crippen molar-refractivity contribution < 1.29 is 111 Å². The number of carbonyl (C=O) groups is 2. The SMILES string of the molecule is O=C(CC(O[SH](=O)=O)C(=O)OCCC(F)(F)C(F)(F)C(F)(F)C(F)(F)F)OCCC(F)(F)C(F)(F)C(F)(F)C(F)(F)F.[NaH]. The van der Waals surface area contributed by atoms with Gasteiger partial charge in [-0.2, -0.15) is 79.0 Å². The number of rotatable bonds is 15. The summed E-state index contributed by atoms with van der Waals surface area (Å²) >= 11 is 0. The Hall–Kier alpha value is -1.41. The van der Waals surface area contributed by atoms with Crippen molar-refractivity contribution in [1.29, 1.82) is 0 Å². The van der Waals surface area contributed by atoms with Crippen LogP contribution >= 0.6 is 0 Å². The fraction of sp³-hybridized carbons (Fsp3) is 0.875. The molecule has 252 valence electrons. The van der Waals surface area contributed by atoms with E-state index >= 15 is 0 Å². The van der Waals surface area contributed by atoms with Gasteiger partial charge in [-0.1, -0.05) is 0 Å². The fourth-order valence-corrected chi connectivity index (χ4v) is 2.64. The third-order valence-corrected chi connectivity index (χ3v) is 5.01. The first-order valence-electron chi connectivity index (χ1n) is 9.84. The summed E-state index contributed by atoms with van der Waals surface area (Å²) in [6.45, 7) is -4.33. The molecule has 0 heterocycles. The Balaban J connectivity index is 0. The second kappa shape index (κ2) is 14.3. The molecular formula is C16H13F18NaO7S. The summed E-state index contributed by atoms with van der Waals surface area (Å²) in [6.07, 6.45) is -24.8. The molecule has 0 saturated carbocycles. The molecule has 0 aromatic carbocycles. The zero-order chi connectivity index (χ0) is 34.0. The van der Waals surface area contributed by atoms with E-state index in [1.54, 1.807) is 0 Å². The van der Waals surface area contributed by atoms with Gasteiger partial charge in [0.15, 0.2) is 6.10 Å². The van der Waals surface area contributed by atoms with Crippen LogP contribution in [0.25, 0.3) is 0 Å². The molecule has 0 N–H and O–H groups in total. The minimum absolute atomic E-state index is 0. The topological polar surface area (TPSA) is 96.0 Å². The van der Waals surface area contributed by atoms with Gasteiger partial charge in [-0.15, -0.1) is 0 Å². The van der Waals surface area contributed by atoms with Gasteiger partial charge in [0.1, 0.15) is 0 Å². The summed E-state index contributed by atoms with van der Waals surface area (Å²) in [5.41, 5.74) is 0. The standard InChI is InChI=1S/C16H12F18O7S.Na.H/c17-9(18,11(21,22)13(25,26)15(29,30)31)1-3-39-7(35)5-6(41-42(37)38)8(36)40-4-2-10(19,20)12(23,24)14(27,28)16(32,33)34;;/h6,42H,1-5H2;;. The van der Waals surface area contributed by atoms with Crippen LogP contribution in [-0.2, 0) is 34.2 Å². The Morgan fingerprint density at radius 1 is 0.558 bits per heavy atom. The van der Waals surface area contributed by atoms with Crippen LogP contribution in [0.2, 0.25) is 0 Å². The molecular weight excluding hydrogens is 701 g/mol. The van der Waals surface area contributed by atoms with Gasteiger partial charge >= 0.3 is 89.4 Å². The molecule has 7 nitrogen and oxygen atoms in total. The second-order valence-corrected chi connectivity index (χ2v) is 8.27. The molecule has 0 aliphatic carbocycles. The first kappa shape index (κ1) is 43.7. The molecule has 43 heavy (non-hydrogen) atoms. The minimum atomic E-state index is -7.33. The Morgan fingerprint density at radius 2 is 0.884 bits per heavy atom. The van der Waals surface area contributed by atoms with Crippen LogP contribution in [0, 0.1) is 0 Å². The molecule has 0 saturated heterocycles. The molecule has 0 rings (SSSR count). The van der Waals surface area contributed by atoms with Crippen molar-refractivity contribution >= 4 is 52.5 Å². The molecule has 0 amide bonds. The third kappa shape index (κ3) is 9.79. The molecule has 0 spiro atoms. The van der Waals surface area contributed by atoms with Crippen LogP contribution < -0.4 is 0 Å². The zero-order valence-electron chi connectivity index (χ0n) is 19.2. The maximum atomic E-state index is 13.4. The monoisotopic (exact) mass is 714 g/mol. The molecule has 27 heteroatoms. The Bertz CT molecular complexity index is 1030. The van der Waals surface area contributed by atoms with Crippen molar-refractivity contribution in [2.24, 2.45) is 0 Å². The molecule has 0 fully saturated rings. The average molecular weight is 714 g/mol.